The molecule has 0 radical (unpaired) electrons. The minimum atomic E-state index is -0.701. The van der Waals surface area contributed by atoms with Crippen LogP contribution in [0, 0.1) is 11.3 Å². The van der Waals surface area contributed by atoms with Crippen molar-refractivity contribution >= 4 is 5.91 Å². The van der Waals surface area contributed by atoms with Crippen molar-refractivity contribution in [2.45, 2.75) is 24.8 Å². The first-order chi connectivity index (χ1) is 9.63. The van der Waals surface area contributed by atoms with E-state index in [0.29, 0.717) is 0 Å². The molecule has 2 rings (SSSR count). The number of hydrogen-bond acceptors (Lipinski definition) is 3. The maximum Gasteiger partial charge on any atom is 0.244 e. The molecule has 1 aliphatic heterocycles. The van der Waals surface area contributed by atoms with Crippen molar-refractivity contribution in [1.82, 2.24) is 9.80 Å². The number of benzene rings is 1. The largest absolute Gasteiger partial charge is 0.340 e. The number of piperidine rings is 1. The van der Waals surface area contributed by atoms with Gasteiger partial charge < -0.3 is 9.80 Å². The summed E-state index contributed by atoms with van der Waals surface area (Å²) in [7, 11) is 3.89. The predicted octanol–water partition coefficient (Wildman–Crippen LogP) is 1.85. The highest BCUT2D eigenvalue weighted by Crippen LogP contribution is 2.21. The van der Waals surface area contributed by atoms with Crippen molar-refractivity contribution < 1.29 is 4.79 Å². The van der Waals surface area contributed by atoms with Gasteiger partial charge >= 0.3 is 0 Å². The van der Waals surface area contributed by atoms with E-state index < -0.39 is 5.92 Å². The molecule has 1 heterocycles. The van der Waals surface area contributed by atoms with Crippen molar-refractivity contribution in [2.75, 3.05) is 27.2 Å². The Morgan fingerprint density at radius 2 is 2.15 bits per heavy atom. The molecule has 1 aliphatic rings. The van der Waals surface area contributed by atoms with Crippen LogP contribution in [-0.4, -0.2) is 48.9 Å². The summed E-state index contributed by atoms with van der Waals surface area (Å²) in [6.07, 6.45) is 2.11. The lowest BCUT2D eigenvalue weighted by atomic mass is 9.97. The zero-order valence-electron chi connectivity index (χ0n) is 12.1. The molecule has 4 nitrogen and oxygen atoms in total. The van der Waals surface area contributed by atoms with E-state index in [0.717, 1.165) is 31.5 Å². The van der Waals surface area contributed by atoms with Crippen LogP contribution >= 0.6 is 0 Å². The fourth-order valence-corrected chi connectivity index (χ4v) is 2.76. The quantitative estimate of drug-likeness (QED) is 0.843. The number of nitriles is 1. The van der Waals surface area contributed by atoms with E-state index in [9.17, 15) is 10.1 Å². The fourth-order valence-electron chi connectivity index (χ4n) is 2.76. The summed E-state index contributed by atoms with van der Waals surface area (Å²) in [5.41, 5.74) is 0.774. The molecule has 1 amide bonds. The Kier molecular flexibility index (Phi) is 4.75. The lowest BCUT2D eigenvalue weighted by Gasteiger charge is -2.36. The van der Waals surface area contributed by atoms with Crippen LogP contribution in [-0.2, 0) is 4.79 Å². The molecule has 1 fully saturated rings. The predicted molar refractivity (Wildman–Crippen MR) is 78.1 cm³/mol. The normalized spacial score (nSPS) is 20.9. The van der Waals surface area contributed by atoms with Gasteiger partial charge in [0.25, 0.3) is 0 Å². The molecule has 4 heteroatoms. The van der Waals surface area contributed by atoms with E-state index in [1.165, 1.54) is 0 Å². The summed E-state index contributed by atoms with van der Waals surface area (Å²) in [6.45, 7) is 1.97. The Balaban J connectivity index is 2.11. The van der Waals surface area contributed by atoms with Crippen molar-refractivity contribution in [3.8, 4) is 6.07 Å². The number of carbonyl (C=O) groups is 1. The lowest BCUT2D eigenvalue weighted by Crippen LogP contribution is -2.48. The third-order valence-corrected chi connectivity index (χ3v) is 4.00. The first-order valence-corrected chi connectivity index (χ1v) is 7.03. The number of amides is 1. The van der Waals surface area contributed by atoms with Crippen LogP contribution in [0.25, 0.3) is 0 Å². The number of likely N-dealkylation sites (N-methyl/N-ethyl adjacent to an activating group) is 2. The van der Waals surface area contributed by atoms with Gasteiger partial charge in [0.2, 0.25) is 5.91 Å². The molecule has 0 aromatic heterocycles. The zero-order valence-corrected chi connectivity index (χ0v) is 12.1. The van der Waals surface area contributed by atoms with Crippen molar-refractivity contribution in [3.63, 3.8) is 0 Å². The second kappa shape index (κ2) is 6.53. The molecule has 1 aromatic rings. The molecule has 106 valence electrons. The van der Waals surface area contributed by atoms with Gasteiger partial charge in [-0.05, 0) is 32.0 Å². The Bertz CT molecular complexity index is 494. The first kappa shape index (κ1) is 14.5. The monoisotopic (exact) mass is 271 g/mol. The van der Waals surface area contributed by atoms with Crippen LogP contribution in [0.2, 0.25) is 0 Å². The minimum absolute atomic E-state index is 0.0981. The fraction of sp³-hybridized carbons (Fsp3) is 0.500. The van der Waals surface area contributed by atoms with Crippen molar-refractivity contribution in [1.29, 1.82) is 5.26 Å². The van der Waals surface area contributed by atoms with Crippen molar-refractivity contribution in [2.24, 2.45) is 0 Å². The molecule has 0 aliphatic carbocycles. The highest BCUT2D eigenvalue weighted by atomic mass is 16.2. The smallest absolute Gasteiger partial charge is 0.244 e. The number of hydrogen-bond donors (Lipinski definition) is 0. The second-order valence-electron chi connectivity index (χ2n) is 5.48. The molecule has 2 unspecified atom stereocenters. The minimum Gasteiger partial charge on any atom is -0.340 e. The van der Waals surface area contributed by atoms with Gasteiger partial charge in [0.1, 0.15) is 5.92 Å². The van der Waals surface area contributed by atoms with Crippen LogP contribution in [0.4, 0.5) is 0 Å². The number of carbonyl (C=O) groups excluding carboxylic acids is 1. The molecule has 0 N–H and O–H groups in total. The first-order valence-electron chi connectivity index (χ1n) is 7.03. The Hall–Kier alpha value is -1.86. The number of likely N-dealkylation sites (tertiary alicyclic amines) is 1. The Morgan fingerprint density at radius 3 is 2.75 bits per heavy atom. The molecule has 0 spiro atoms. The topological polar surface area (TPSA) is 47.3 Å². The SMILES string of the molecule is CN1CCCC(N(C)C(=O)C(C#N)c2ccccc2)C1. The summed E-state index contributed by atoms with van der Waals surface area (Å²) in [4.78, 5) is 16.6. The molecule has 0 bridgehead atoms. The summed E-state index contributed by atoms with van der Waals surface area (Å²) in [5, 5.41) is 9.34. The molecular formula is C16H21N3O. The van der Waals surface area contributed by atoms with Gasteiger partial charge in [0, 0.05) is 19.6 Å². The van der Waals surface area contributed by atoms with Gasteiger partial charge in [-0.1, -0.05) is 30.3 Å². The van der Waals surface area contributed by atoms with Crippen molar-refractivity contribution in [3.05, 3.63) is 35.9 Å². The molecule has 20 heavy (non-hydrogen) atoms. The summed E-state index contributed by atoms with van der Waals surface area (Å²) in [6, 6.07) is 11.6. The van der Waals surface area contributed by atoms with Gasteiger partial charge in [0.05, 0.1) is 6.07 Å². The maximum absolute atomic E-state index is 12.6. The van der Waals surface area contributed by atoms with Gasteiger partial charge in [-0.25, -0.2) is 0 Å². The zero-order chi connectivity index (χ0) is 14.5. The van der Waals surface area contributed by atoms with Crippen LogP contribution in [0.1, 0.15) is 24.3 Å². The van der Waals surface area contributed by atoms with E-state index in [4.69, 9.17) is 0 Å². The maximum atomic E-state index is 12.6. The van der Waals surface area contributed by atoms with E-state index in [2.05, 4.69) is 18.0 Å². The highest BCUT2D eigenvalue weighted by molar-refractivity contribution is 5.86. The third kappa shape index (κ3) is 3.17. The molecule has 2 atom stereocenters. The third-order valence-electron chi connectivity index (χ3n) is 4.00. The van der Waals surface area contributed by atoms with E-state index in [-0.39, 0.29) is 11.9 Å². The molecule has 1 aromatic carbocycles. The Morgan fingerprint density at radius 1 is 1.45 bits per heavy atom. The second-order valence-corrected chi connectivity index (χ2v) is 5.48. The number of nitrogens with zero attached hydrogens (tertiary/aromatic N) is 3. The highest BCUT2D eigenvalue weighted by Gasteiger charge is 2.30. The molecule has 0 saturated carbocycles. The van der Waals surface area contributed by atoms with Gasteiger partial charge in [-0.15, -0.1) is 0 Å². The summed E-state index contributed by atoms with van der Waals surface area (Å²) in [5.74, 6) is -0.799. The average molecular weight is 271 g/mol. The lowest BCUT2D eigenvalue weighted by molar-refractivity contribution is -0.133. The summed E-state index contributed by atoms with van der Waals surface area (Å²) < 4.78 is 0. The Labute approximate surface area is 120 Å². The molecule has 1 saturated heterocycles. The summed E-state index contributed by atoms with van der Waals surface area (Å²) >= 11 is 0. The number of rotatable bonds is 3. The molecular weight excluding hydrogens is 250 g/mol. The standard InChI is InChI=1S/C16H21N3O/c1-18-10-6-9-14(12-18)19(2)16(20)15(11-17)13-7-4-3-5-8-13/h3-5,7-8,14-15H,6,9-10,12H2,1-2H3. The van der Waals surface area contributed by atoms with E-state index in [1.807, 2.05) is 37.4 Å². The van der Waals surface area contributed by atoms with Gasteiger partial charge in [0.15, 0.2) is 0 Å². The van der Waals surface area contributed by atoms with Crippen LogP contribution in [0.3, 0.4) is 0 Å². The van der Waals surface area contributed by atoms with E-state index >= 15 is 0 Å². The average Bonchev–Trinajstić information content (AvgIpc) is 2.48. The van der Waals surface area contributed by atoms with E-state index in [1.54, 1.807) is 4.90 Å². The van der Waals surface area contributed by atoms with Crippen LogP contribution in [0.5, 0.6) is 0 Å². The van der Waals surface area contributed by atoms with Gasteiger partial charge in [-0.2, -0.15) is 5.26 Å². The van der Waals surface area contributed by atoms with Crippen LogP contribution in [0.15, 0.2) is 30.3 Å². The van der Waals surface area contributed by atoms with Gasteiger partial charge in [-0.3, -0.25) is 4.79 Å². The van der Waals surface area contributed by atoms with Crippen LogP contribution < -0.4 is 0 Å².